The standard InChI is InChI=1S/C17H16F2N4O3/c1-21-12(17(25)26)9-13(24)10-8-11(18)16(14(19)15(10)21)23-6-4-22(3-2-20)5-7-23/h8-9H,3-7H2,1H3,(H,25,26). The normalized spacial score (nSPS) is 15.2. The van der Waals surface area contributed by atoms with Crippen LogP contribution in [0, 0.1) is 23.0 Å². The molecule has 1 aliphatic rings. The van der Waals surface area contributed by atoms with E-state index < -0.39 is 23.0 Å². The number of aromatic carboxylic acids is 1. The van der Waals surface area contributed by atoms with Gasteiger partial charge >= 0.3 is 5.97 Å². The van der Waals surface area contributed by atoms with Crippen molar-refractivity contribution in [2.45, 2.75) is 0 Å². The number of aromatic nitrogens is 1. The van der Waals surface area contributed by atoms with Crippen molar-refractivity contribution < 1.29 is 18.7 Å². The second-order valence-electron chi connectivity index (χ2n) is 6.10. The molecule has 1 aliphatic heterocycles. The highest BCUT2D eigenvalue weighted by molar-refractivity contribution is 5.92. The Labute approximate surface area is 147 Å². The van der Waals surface area contributed by atoms with Crippen molar-refractivity contribution in [2.75, 3.05) is 37.6 Å². The molecular formula is C17H16F2N4O3. The molecule has 1 saturated heterocycles. The van der Waals surface area contributed by atoms with E-state index in [1.54, 1.807) is 0 Å². The number of nitrogens with zero attached hydrogens (tertiary/aromatic N) is 4. The van der Waals surface area contributed by atoms with Crippen LogP contribution in [0.4, 0.5) is 14.5 Å². The van der Waals surface area contributed by atoms with Crippen molar-refractivity contribution in [3.05, 3.63) is 39.7 Å². The monoisotopic (exact) mass is 362 g/mol. The van der Waals surface area contributed by atoms with E-state index in [0.717, 1.165) is 16.7 Å². The molecule has 2 aromatic rings. The summed E-state index contributed by atoms with van der Waals surface area (Å²) in [5.41, 5.74) is -1.66. The Bertz CT molecular complexity index is 988. The van der Waals surface area contributed by atoms with Crippen molar-refractivity contribution in [2.24, 2.45) is 7.05 Å². The SMILES string of the molecule is Cn1c(C(=O)O)cc(=O)c2cc(F)c(N3CCN(CC#N)CC3)c(F)c21. The molecule has 0 bridgehead atoms. The number of rotatable bonds is 3. The van der Waals surface area contributed by atoms with Gasteiger partial charge in [0.25, 0.3) is 0 Å². The minimum Gasteiger partial charge on any atom is -0.477 e. The maximum Gasteiger partial charge on any atom is 0.352 e. The second kappa shape index (κ2) is 6.72. The molecule has 0 unspecified atom stereocenters. The third-order valence-corrected chi connectivity index (χ3v) is 4.60. The summed E-state index contributed by atoms with van der Waals surface area (Å²) in [6.45, 7) is 1.81. The molecule has 0 atom stereocenters. The number of pyridine rings is 1. The summed E-state index contributed by atoms with van der Waals surface area (Å²) in [7, 11) is 1.32. The van der Waals surface area contributed by atoms with Gasteiger partial charge in [0.2, 0.25) is 0 Å². The third-order valence-electron chi connectivity index (χ3n) is 4.60. The van der Waals surface area contributed by atoms with Crippen LogP contribution >= 0.6 is 0 Å². The number of aryl methyl sites for hydroxylation is 1. The Hall–Kier alpha value is -2.99. The van der Waals surface area contributed by atoms with E-state index in [2.05, 4.69) is 0 Å². The summed E-state index contributed by atoms with van der Waals surface area (Å²) in [5, 5.41) is 17.7. The van der Waals surface area contributed by atoms with Crippen LogP contribution in [-0.4, -0.2) is 53.3 Å². The van der Waals surface area contributed by atoms with Crippen molar-refractivity contribution in [1.82, 2.24) is 9.47 Å². The first kappa shape index (κ1) is 17.8. The molecule has 0 amide bonds. The van der Waals surface area contributed by atoms with Crippen LogP contribution < -0.4 is 10.3 Å². The Morgan fingerprint density at radius 2 is 1.92 bits per heavy atom. The van der Waals surface area contributed by atoms with Crippen LogP contribution in [0.3, 0.4) is 0 Å². The first-order chi connectivity index (χ1) is 12.3. The molecule has 0 aliphatic carbocycles. The van der Waals surface area contributed by atoms with Gasteiger partial charge in [-0.2, -0.15) is 5.26 Å². The van der Waals surface area contributed by atoms with Crippen LogP contribution in [0.25, 0.3) is 10.9 Å². The van der Waals surface area contributed by atoms with Gasteiger partial charge in [-0.15, -0.1) is 0 Å². The largest absolute Gasteiger partial charge is 0.477 e. The number of carboxylic acid groups (broad SMARTS) is 1. The number of hydrogen-bond acceptors (Lipinski definition) is 5. The van der Waals surface area contributed by atoms with Gasteiger partial charge in [-0.25, -0.2) is 13.6 Å². The van der Waals surface area contributed by atoms with Gasteiger partial charge in [0.15, 0.2) is 11.2 Å². The first-order valence-corrected chi connectivity index (χ1v) is 7.94. The highest BCUT2D eigenvalue weighted by Crippen LogP contribution is 2.30. The van der Waals surface area contributed by atoms with E-state index in [0.29, 0.717) is 26.2 Å². The van der Waals surface area contributed by atoms with Crippen LogP contribution in [-0.2, 0) is 7.05 Å². The van der Waals surface area contributed by atoms with Gasteiger partial charge in [0.1, 0.15) is 17.2 Å². The Morgan fingerprint density at radius 1 is 1.27 bits per heavy atom. The van der Waals surface area contributed by atoms with Gasteiger partial charge in [-0.1, -0.05) is 0 Å². The molecule has 2 heterocycles. The van der Waals surface area contributed by atoms with Crippen molar-refractivity contribution >= 4 is 22.6 Å². The summed E-state index contributed by atoms with van der Waals surface area (Å²) in [6, 6.07) is 3.83. The van der Waals surface area contributed by atoms with Crippen molar-refractivity contribution in [3.63, 3.8) is 0 Å². The van der Waals surface area contributed by atoms with Gasteiger partial charge < -0.3 is 14.6 Å². The fourth-order valence-corrected chi connectivity index (χ4v) is 3.26. The zero-order valence-electron chi connectivity index (χ0n) is 14.0. The summed E-state index contributed by atoms with van der Waals surface area (Å²) in [6.07, 6.45) is 0. The molecule has 9 heteroatoms. The number of carboxylic acids is 1. The van der Waals surface area contributed by atoms with Crippen LogP contribution in [0.1, 0.15) is 10.5 Å². The number of hydrogen-bond donors (Lipinski definition) is 1. The predicted molar refractivity (Wildman–Crippen MR) is 90.3 cm³/mol. The number of anilines is 1. The van der Waals surface area contributed by atoms with E-state index in [-0.39, 0.29) is 28.8 Å². The highest BCUT2D eigenvalue weighted by atomic mass is 19.1. The van der Waals surface area contributed by atoms with Gasteiger partial charge in [0, 0.05) is 39.3 Å². The fraction of sp³-hybridized carbons (Fsp3) is 0.353. The number of fused-ring (bicyclic) bond motifs is 1. The number of carbonyl (C=O) groups is 1. The second-order valence-corrected chi connectivity index (χ2v) is 6.10. The zero-order valence-corrected chi connectivity index (χ0v) is 14.0. The predicted octanol–water partition coefficient (Wildman–Crippen LogP) is 1.16. The highest BCUT2D eigenvalue weighted by Gasteiger charge is 2.26. The molecule has 1 aromatic carbocycles. The van der Waals surface area contributed by atoms with Crippen LogP contribution in [0.15, 0.2) is 16.9 Å². The fourth-order valence-electron chi connectivity index (χ4n) is 3.26. The topological polar surface area (TPSA) is 89.6 Å². The number of piperazine rings is 1. The smallest absolute Gasteiger partial charge is 0.352 e. The maximum atomic E-state index is 15.1. The van der Waals surface area contributed by atoms with Crippen molar-refractivity contribution in [1.29, 1.82) is 5.26 Å². The average molecular weight is 362 g/mol. The van der Waals surface area contributed by atoms with Crippen molar-refractivity contribution in [3.8, 4) is 6.07 Å². The number of halogens is 2. The molecule has 1 aromatic heterocycles. The summed E-state index contributed by atoms with van der Waals surface area (Å²) in [5.74, 6) is -3.21. The van der Waals surface area contributed by atoms with E-state index in [4.69, 9.17) is 5.26 Å². The molecule has 136 valence electrons. The zero-order chi connectivity index (χ0) is 19.0. The summed E-state index contributed by atoms with van der Waals surface area (Å²) >= 11 is 0. The molecular weight excluding hydrogens is 346 g/mol. The van der Waals surface area contributed by atoms with Gasteiger partial charge in [-0.05, 0) is 6.07 Å². The molecule has 0 radical (unpaired) electrons. The quantitative estimate of drug-likeness (QED) is 0.825. The lowest BCUT2D eigenvalue weighted by Crippen LogP contribution is -2.47. The molecule has 0 spiro atoms. The Kier molecular flexibility index (Phi) is 4.61. The lowest BCUT2D eigenvalue weighted by Gasteiger charge is -2.35. The Balaban J connectivity index is 2.13. The Morgan fingerprint density at radius 3 is 2.50 bits per heavy atom. The molecule has 7 nitrogen and oxygen atoms in total. The molecule has 3 rings (SSSR count). The number of benzene rings is 1. The molecule has 0 saturated carbocycles. The van der Waals surface area contributed by atoms with Crippen LogP contribution in [0.2, 0.25) is 0 Å². The van der Waals surface area contributed by atoms with E-state index in [1.165, 1.54) is 11.9 Å². The average Bonchev–Trinajstić information content (AvgIpc) is 2.59. The first-order valence-electron chi connectivity index (χ1n) is 7.94. The van der Waals surface area contributed by atoms with E-state index in [9.17, 15) is 19.1 Å². The van der Waals surface area contributed by atoms with E-state index >= 15 is 4.39 Å². The molecule has 1 N–H and O–H groups in total. The minimum absolute atomic E-state index is 0.209. The third kappa shape index (κ3) is 2.88. The summed E-state index contributed by atoms with van der Waals surface area (Å²) in [4.78, 5) is 26.8. The van der Waals surface area contributed by atoms with Gasteiger partial charge in [-0.3, -0.25) is 9.69 Å². The summed E-state index contributed by atoms with van der Waals surface area (Å²) < 4.78 is 30.8. The van der Waals surface area contributed by atoms with E-state index in [1.807, 2.05) is 11.0 Å². The molecule has 26 heavy (non-hydrogen) atoms. The van der Waals surface area contributed by atoms with Gasteiger partial charge in [0.05, 0.1) is 23.5 Å². The lowest BCUT2D eigenvalue weighted by molar-refractivity contribution is 0.0686. The number of nitriles is 1. The maximum absolute atomic E-state index is 15.1. The van der Waals surface area contributed by atoms with Crippen LogP contribution in [0.5, 0.6) is 0 Å². The minimum atomic E-state index is -1.37. The molecule has 1 fully saturated rings. The lowest BCUT2D eigenvalue weighted by atomic mass is 10.1.